The van der Waals surface area contributed by atoms with Gasteiger partial charge in [-0.2, -0.15) is 0 Å². The van der Waals surface area contributed by atoms with Crippen molar-refractivity contribution in [3.8, 4) is 0 Å². The molecule has 1 fully saturated rings. The normalized spacial score (nSPS) is 30.5. The van der Waals surface area contributed by atoms with Gasteiger partial charge in [-0.05, 0) is 31.7 Å². The molecule has 0 spiro atoms. The minimum absolute atomic E-state index is 0.754. The van der Waals surface area contributed by atoms with E-state index in [2.05, 4.69) is 12.2 Å². The van der Waals surface area contributed by atoms with Crippen LogP contribution in [0.25, 0.3) is 0 Å². The Morgan fingerprint density at radius 2 is 2.33 bits per heavy atom. The van der Waals surface area contributed by atoms with Crippen molar-refractivity contribution in [2.45, 2.75) is 38.6 Å². The number of nitrogens with one attached hydrogen (secondary N) is 1. The van der Waals surface area contributed by atoms with Gasteiger partial charge in [0.05, 0.1) is 0 Å². The number of piperidine rings is 1. The Kier molecular flexibility index (Phi) is 4.62. The fraction of sp³-hybridized carbons (Fsp3) is 1.00. The van der Waals surface area contributed by atoms with Crippen LogP contribution in [0.4, 0.5) is 0 Å². The number of ether oxygens (including phenoxy) is 1. The standard InChI is InChI=1S/C10H21NO/c1-3-4-10-7-9(8-12-2)5-6-11-10/h9-11H,3-8H2,1-2H3. The average molecular weight is 171 g/mol. The third-order valence-corrected chi connectivity index (χ3v) is 2.64. The maximum atomic E-state index is 5.18. The minimum Gasteiger partial charge on any atom is -0.384 e. The molecule has 0 aromatic heterocycles. The predicted molar refractivity (Wildman–Crippen MR) is 51.3 cm³/mol. The summed E-state index contributed by atoms with van der Waals surface area (Å²) in [6.07, 6.45) is 5.20. The van der Waals surface area contributed by atoms with E-state index < -0.39 is 0 Å². The van der Waals surface area contributed by atoms with Crippen molar-refractivity contribution >= 4 is 0 Å². The summed E-state index contributed by atoms with van der Waals surface area (Å²) in [4.78, 5) is 0. The van der Waals surface area contributed by atoms with Crippen LogP contribution in [-0.4, -0.2) is 26.3 Å². The molecule has 0 radical (unpaired) electrons. The van der Waals surface area contributed by atoms with E-state index in [0.29, 0.717) is 0 Å². The molecule has 0 aliphatic carbocycles. The van der Waals surface area contributed by atoms with Crippen molar-refractivity contribution in [3.63, 3.8) is 0 Å². The Morgan fingerprint density at radius 1 is 1.50 bits per heavy atom. The lowest BCUT2D eigenvalue weighted by molar-refractivity contribution is 0.122. The predicted octanol–water partition coefficient (Wildman–Crippen LogP) is 1.80. The minimum atomic E-state index is 0.754. The molecule has 2 nitrogen and oxygen atoms in total. The van der Waals surface area contributed by atoms with Crippen LogP contribution in [0, 0.1) is 5.92 Å². The lowest BCUT2D eigenvalue weighted by Gasteiger charge is -2.29. The maximum absolute atomic E-state index is 5.18. The number of rotatable bonds is 4. The Hall–Kier alpha value is -0.0800. The number of hydrogen-bond donors (Lipinski definition) is 1. The lowest BCUT2D eigenvalue weighted by atomic mass is 9.91. The fourth-order valence-corrected chi connectivity index (χ4v) is 2.05. The van der Waals surface area contributed by atoms with Gasteiger partial charge in [-0.15, -0.1) is 0 Å². The second kappa shape index (κ2) is 5.55. The van der Waals surface area contributed by atoms with Gasteiger partial charge in [0, 0.05) is 19.8 Å². The number of hydrogen-bond acceptors (Lipinski definition) is 2. The van der Waals surface area contributed by atoms with E-state index in [1.165, 1.54) is 32.2 Å². The highest BCUT2D eigenvalue weighted by Crippen LogP contribution is 2.18. The number of methoxy groups -OCH3 is 1. The molecule has 2 unspecified atom stereocenters. The van der Waals surface area contributed by atoms with E-state index in [9.17, 15) is 0 Å². The molecule has 0 aromatic rings. The van der Waals surface area contributed by atoms with Crippen molar-refractivity contribution < 1.29 is 4.74 Å². The summed E-state index contributed by atoms with van der Waals surface area (Å²) in [6, 6.07) is 0.754. The highest BCUT2D eigenvalue weighted by atomic mass is 16.5. The smallest absolute Gasteiger partial charge is 0.0491 e. The molecule has 1 N–H and O–H groups in total. The molecule has 1 heterocycles. The Bertz CT molecular complexity index is 100. The molecule has 1 rings (SSSR count). The van der Waals surface area contributed by atoms with E-state index in [0.717, 1.165) is 18.6 Å². The van der Waals surface area contributed by atoms with Gasteiger partial charge in [0.25, 0.3) is 0 Å². The molecule has 2 heteroatoms. The molecule has 0 amide bonds. The molecular formula is C10H21NO. The first-order valence-corrected chi connectivity index (χ1v) is 5.09. The Balaban J connectivity index is 2.20. The summed E-state index contributed by atoms with van der Waals surface area (Å²) in [5.41, 5.74) is 0. The Labute approximate surface area is 75.7 Å². The van der Waals surface area contributed by atoms with Gasteiger partial charge in [0.2, 0.25) is 0 Å². The molecule has 2 atom stereocenters. The van der Waals surface area contributed by atoms with Crippen molar-refractivity contribution in [2.24, 2.45) is 5.92 Å². The van der Waals surface area contributed by atoms with E-state index >= 15 is 0 Å². The van der Waals surface area contributed by atoms with Gasteiger partial charge >= 0.3 is 0 Å². The van der Waals surface area contributed by atoms with Crippen molar-refractivity contribution in [1.82, 2.24) is 5.32 Å². The lowest BCUT2D eigenvalue weighted by Crippen LogP contribution is -2.39. The van der Waals surface area contributed by atoms with Crippen LogP contribution >= 0.6 is 0 Å². The first-order chi connectivity index (χ1) is 5.86. The van der Waals surface area contributed by atoms with Gasteiger partial charge < -0.3 is 10.1 Å². The summed E-state index contributed by atoms with van der Waals surface area (Å²) in [5.74, 6) is 0.799. The first kappa shape index (κ1) is 10.0. The maximum Gasteiger partial charge on any atom is 0.0491 e. The second-order valence-corrected chi connectivity index (χ2v) is 3.79. The zero-order valence-corrected chi connectivity index (χ0v) is 8.31. The van der Waals surface area contributed by atoms with Crippen LogP contribution in [0.2, 0.25) is 0 Å². The van der Waals surface area contributed by atoms with Crippen LogP contribution in [-0.2, 0) is 4.74 Å². The molecule has 12 heavy (non-hydrogen) atoms. The van der Waals surface area contributed by atoms with Crippen LogP contribution in [0.1, 0.15) is 32.6 Å². The zero-order chi connectivity index (χ0) is 8.81. The molecule has 1 saturated heterocycles. The van der Waals surface area contributed by atoms with E-state index in [4.69, 9.17) is 4.74 Å². The summed E-state index contributed by atoms with van der Waals surface area (Å²) in [5, 5.41) is 3.55. The summed E-state index contributed by atoms with van der Waals surface area (Å²) >= 11 is 0. The molecular weight excluding hydrogens is 150 g/mol. The topological polar surface area (TPSA) is 21.3 Å². The molecule has 0 saturated carbocycles. The zero-order valence-electron chi connectivity index (χ0n) is 8.31. The quantitative estimate of drug-likeness (QED) is 0.696. The van der Waals surface area contributed by atoms with Crippen LogP contribution in [0.5, 0.6) is 0 Å². The van der Waals surface area contributed by atoms with Crippen molar-refractivity contribution in [2.75, 3.05) is 20.3 Å². The van der Waals surface area contributed by atoms with Crippen molar-refractivity contribution in [1.29, 1.82) is 0 Å². The average Bonchev–Trinajstić information content (AvgIpc) is 2.06. The molecule has 72 valence electrons. The summed E-state index contributed by atoms with van der Waals surface area (Å²) in [6.45, 7) is 4.38. The van der Waals surface area contributed by atoms with Gasteiger partial charge in [-0.1, -0.05) is 13.3 Å². The highest BCUT2D eigenvalue weighted by Gasteiger charge is 2.20. The highest BCUT2D eigenvalue weighted by molar-refractivity contribution is 4.77. The second-order valence-electron chi connectivity index (χ2n) is 3.79. The molecule has 0 aromatic carbocycles. The van der Waals surface area contributed by atoms with Gasteiger partial charge in [0.15, 0.2) is 0 Å². The van der Waals surface area contributed by atoms with E-state index in [1.54, 1.807) is 7.11 Å². The molecule has 1 aliphatic rings. The van der Waals surface area contributed by atoms with Crippen LogP contribution in [0.3, 0.4) is 0 Å². The molecule has 1 aliphatic heterocycles. The van der Waals surface area contributed by atoms with Crippen LogP contribution in [0.15, 0.2) is 0 Å². The van der Waals surface area contributed by atoms with E-state index in [-0.39, 0.29) is 0 Å². The van der Waals surface area contributed by atoms with Gasteiger partial charge in [0.1, 0.15) is 0 Å². The largest absolute Gasteiger partial charge is 0.384 e. The molecule has 0 bridgehead atoms. The summed E-state index contributed by atoms with van der Waals surface area (Å²) in [7, 11) is 1.80. The fourth-order valence-electron chi connectivity index (χ4n) is 2.05. The van der Waals surface area contributed by atoms with E-state index in [1.807, 2.05) is 0 Å². The summed E-state index contributed by atoms with van der Waals surface area (Å²) < 4.78 is 5.18. The SMILES string of the molecule is CCCC1CC(COC)CCN1. The third-order valence-electron chi connectivity index (χ3n) is 2.64. The van der Waals surface area contributed by atoms with Gasteiger partial charge in [-0.25, -0.2) is 0 Å². The van der Waals surface area contributed by atoms with Crippen LogP contribution < -0.4 is 5.32 Å². The monoisotopic (exact) mass is 171 g/mol. The van der Waals surface area contributed by atoms with Crippen molar-refractivity contribution in [3.05, 3.63) is 0 Å². The first-order valence-electron chi connectivity index (χ1n) is 5.09. The van der Waals surface area contributed by atoms with Gasteiger partial charge in [-0.3, -0.25) is 0 Å². The Morgan fingerprint density at radius 3 is 3.00 bits per heavy atom. The third kappa shape index (κ3) is 3.11.